The minimum absolute atomic E-state index is 0.0280. The normalized spacial score (nSPS) is 48.3. The Balaban J connectivity index is 1.39. The number of hydrogen-bond acceptors (Lipinski definition) is 8. The van der Waals surface area contributed by atoms with Gasteiger partial charge in [0.15, 0.2) is 17.8 Å². The Morgan fingerprint density at radius 3 is 2.76 bits per heavy atom. The summed E-state index contributed by atoms with van der Waals surface area (Å²) >= 11 is 0. The van der Waals surface area contributed by atoms with E-state index in [4.69, 9.17) is 14.2 Å². The summed E-state index contributed by atoms with van der Waals surface area (Å²) in [5, 5.41) is 41.6. The Labute approximate surface area is 194 Å². The van der Waals surface area contributed by atoms with E-state index >= 15 is 0 Å². The van der Waals surface area contributed by atoms with E-state index in [1.54, 1.807) is 13.0 Å². The highest BCUT2D eigenvalue weighted by molar-refractivity contribution is 5.61. The molecule has 182 valence electrons. The molecule has 1 saturated carbocycles. The van der Waals surface area contributed by atoms with Gasteiger partial charge in [0.2, 0.25) is 0 Å². The number of hydrogen-bond donors (Lipinski definition) is 4. The van der Waals surface area contributed by atoms with Gasteiger partial charge in [-0.1, -0.05) is 13.0 Å². The van der Waals surface area contributed by atoms with Gasteiger partial charge < -0.3 is 39.5 Å². The van der Waals surface area contributed by atoms with E-state index in [1.807, 2.05) is 6.07 Å². The molecule has 1 aromatic carbocycles. The molecule has 6 rings (SSSR count). The molecule has 2 bridgehead atoms. The Morgan fingerprint density at radius 2 is 2.00 bits per heavy atom. The Kier molecular flexibility index (Phi) is 4.88. The maximum atomic E-state index is 10.8. The zero-order chi connectivity index (χ0) is 23.3. The number of aliphatic hydroxyl groups is 3. The van der Waals surface area contributed by atoms with E-state index in [2.05, 4.69) is 18.9 Å². The number of aromatic hydroxyl groups is 1. The highest BCUT2D eigenvalue weighted by Crippen LogP contribution is 2.69. The fourth-order valence-electron chi connectivity index (χ4n) is 7.95. The molecule has 4 N–H and O–H groups in total. The molecule has 3 fully saturated rings. The molecular formula is C25H35NO7. The summed E-state index contributed by atoms with van der Waals surface area (Å²) in [6, 6.07) is 4.16. The van der Waals surface area contributed by atoms with Gasteiger partial charge >= 0.3 is 0 Å². The number of phenolic OH excluding ortho intramolecular Hbond substituents is 1. The van der Waals surface area contributed by atoms with Crippen LogP contribution in [0.2, 0.25) is 0 Å². The van der Waals surface area contributed by atoms with E-state index in [0.29, 0.717) is 11.8 Å². The van der Waals surface area contributed by atoms with Crippen LogP contribution >= 0.6 is 0 Å². The topological polar surface area (TPSA) is 112 Å². The first-order chi connectivity index (χ1) is 15.7. The summed E-state index contributed by atoms with van der Waals surface area (Å²) < 4.78 is 18.9. The van der Waals surface area contributed by atoms with Crippen molar-refractivity contribution in [2.45, 2.75) is 87.8 Å². The third-order valence-corrected chi connectivity index (χ3v) is 9.75. The van der Waals surface area contributed by atoms with Crippen LogP contribution in [0.15, 0.2) is 12.1 Å². The molecular weight excluding hydrogens is 426 g/mol. The van der Waals surface area contributed by atoms with Crippen molar-refractivity contribution in [2.24, 2.45) is 11.3 Å². The number of likely N-dealkylation sites (tertiary alicyclic amines) is 1. The third-order valence-electron chi connectivity index (χ3n) is 9.75. The Bertz CT molecular complexity index is 957. The van der Waals surface area contributed by atoms with E-state index < -0.39 is 30.5 Å². The summed E-state index contributed by atoms with van der Waals surface area (Å²) in [7, 11) is 2.20. The predicted molar refractivity (Wildman–Crippen MR) is 118 cm³/mol. The summed E-state index contributed by atoms with van der Waals surface area (Å²) in [5.41, 5.74) is 2.08. The number of aliphatic hydroxyl groups excluding tert-OH is 3. The van der Waals surface area contributed by atoms with E-state index in [1.165, 1.54) is 5.56 Å². The maximum Gasteiger partial charge on any atom is 0.184 e. The lowest BCUT2D eigenvalue weighted by atomic mass is 9.44. The predicted octanol–water partition coefficient (Wildman–Crippen LogP) is 0.912. The van der Waals surface area contributed by atoms with Crippen molar-refractivity contribution < 1.29 is 34.6 Å². The second-order valence-electron chi connectivity index (χ2n) is 11.1. The fraction of sp³-hybridized carbons (Fsp3) is 0.760. The molecule has 0 radical (unpaired) electrons. The molecule has 0 aromatic heterocycles. The lowest BCUT2D eigenvalue weighted by Crippen LogP contribution is -2.72. The van der Waals surface area contributed by atoms with Crippen molar-refractivity contribution in [3.63, 3.8) is 0 Å². The zero-order valence-electron chi connectivity index (χ0n) is 19.5. The molecule has 1 spiro atoms. The van der Waals surface area contributed by atoms with Gasteiger partial charge in [-0.3, -0.25) is 0 Å². The minimum atomic E-state index is -1.14. The monoisotopic (exact) mass is 461 g/mol. The van der Waals surface area contributed by atoms with Crippen molar-refractivity contribution in [2.75, 3.05) is 20.2 Å². The SMILES string of the molecule is CC1OC(OC2CC[C@@]3(C)C4Cc5ccc(O)c6c5C3(CCN4C)[C@H]2O6)[C@H](O)C(CO)[C@@H]1O. The number of phenols is 1. The minimum Gasteiger partial charge on any atom is -0.504 e. The van der Waals surface area contributed by atoms with Crippen LogP contribution in [-0.4, -0.2) is 88.4 Å². The molecule has 2 aliphatic carbocycles. The standard InChI is InChI=1S/C25H35NO7/c1-12-19(29)14(11-27)20(30)23(31-12)32-16-6-7-24(2)17-10-13-4-5-15(28)21-18(13)25(24,22(16)33-21)8-9-26(17)3/h4-5,12,14,16-17,19-20,22-23,27-30H,6-11H2,1-3H3/t12?,14?,16?,17?,19-,20-,22+,23?,24+,25?/m1/s1. The first kappa shape index (κ1) is 22.1. The highest BCUT2D eigenvalue weighted by atomic mass is 16.7. The smallest absolute Gasteiger partial charge is 0.184 e. The van der Waals surface area contributed by atoms with Crippen LogP contribution in [0, 0.1) is 11.3 Å². The quantitative estimate of drug-likeness (QED) is 0.526. The molecule has 3 heterocycles. The number of benzene rings is 1. The van der Waals surface area contributed by atoms with Gasteiger partial charge in [-0.05, 0) is 63.2 Å². The highest BCUT2D eigenvalue weighted by Gasteiger charge is 2.71. The number of piperidine rings is 1. The third kappa shape index (κ3) is 2.68. The van der Waals surface area contributed by atoms with Gasteiger partial charge in [-0.25, -0.2) is 0 Å². The average Bonchev–Trinajstić information content (AvgIpc) is 3.14. The van der Waals surface area contributed by atoms with Crippen LogP contribution in [0.4, 0.5) is 0 Å². The van der Waals surface area contributed by atoms with Crippen LogP contribution in [0.1, 0.15) is 44.2 Å². The maximum absolute atomic E-state index is 10.8. The number of ether oxygens (including phenoxy) is 3. The largest absolute Gasteiger partial charge is 0.504 e. The van der Waals surface area contributed by atoms with E-state index in [-0.39, 0.29) is 35.4 Å². The summed E-state index contributed by atoms with van der Waals surface area (Å²) in [4.78, 5) is 2.47. The van der Waals surface area contributed by atoms with Crippen molar-refractivity contribution in [1.82, 2.24) is 4.90 Å². The van der Waals surface area contributed by atoms with Gasteiger partial charge in [0, 0.05) is 22.9 Å². The number of rotatable bonds is 3. The summed E-state index contributed by atoms with van der Waals surface area (Å²) in [6.45, 7) is 4.69. The molecule has 5 aliphatic rings. The van der Waals surface area contributed by atoms with Crippen molar-refractivity contribution >= 4 is 0 Å². The van der Waals surface area contributed by atoms with Gasteiger partial charge in [0.05, 0.1) is 24.9 Å². The molecule has 10 atom stereocenters. The van der Waals surface area contributed by atoms with Crippen LogP contribution < -0.4 is 4.74 Å². The fourth-order valence-corrected chi connectivity index (χ4v) is 7.95. The molecule has 33 heavy (non-hydrogen) atoms. The van der Waals surface area contributed by atoms with Crippen LogP contribution in [-0.2, 0) is 21.3 Å². The first-order valence-electron chi connectivity index (χ1n) is 12.2. The first-order valence-corrected chi connectivity index (χ1v) is 12.2. The second kappa shape index (κ2) is 7.29. The van der Waals surface area contributed by atoms with Gasteiger partial charge in [-0.2, -0.15) is 0 Å². The van der Waals surface area contributed by atoms with Gasteiger partial charge in [0.1, 0.15) is 12.2 Å². The van der Waals surface area contributed by atoms with E-state index in [9.17, 15) is 20.4 Å². The second-order valence-corrected chi connectivity index (χ2v) is 11.1. The van der Waals surface area contributed by atoms with Crippen molar-refractivity contribution in [3.8, 4) is 11.5 Å². The molecule has 8 nitrogen and oxygen atoms in total. The van der Waals surface area contributed by atoms with Crippen LogP contribution in [0.3, 0.4) is 0 Å². The number of likely N-dealkylation sites (N-methyl/N-ethyl adjacent to an activating group) is 1. The average molecular weight is 462 g/mol. The van der Waals surface area contributed by atoms with Gasteiger partial charge in [0.25, 0.3) is 0 Å². The van der Waals surface area contributed by atoms with Crippen LogP contribution in [0.25, 0.3) is 0 Å². The Morgan fingerprint density at radius 1 is 1.21 bits per heavy atom. The molecule has 8 heteroatoms. The summed E-state index contributed by atoms with van der Waals surface area (Å²) in [5.74, 6) is 0.0249. The molecule has 3 aliphatic heterocycles. The molecule has 0 amide bonds. The molecule has 6 unspecified atom stereocenters. The van der Waals surface area contributed by atoms with E-state index in [0.717, 1.165) is 37.8 Å². The lowest BCUT2D eigenvalue weighted by Gasteiger charge is -2.65. The molecule has 1 aromatic rings. The molecule has 2 saturated heterocycles. The zero-order valence-corrected chi connectivity index (χ0v) is 19.5. The van der Waals surface area contributed by atoms with Crippen molar-refractivity contribution in [1.29, 1.82) is 0 Å². The summed E-state index contributed by atoms with van der Waals surface area (Å²) in [6.07, 6.45) is -0.754. The number of nitrogens with zero attached hydrogens (tertiary/aromatic N) is 1. The Hall–Kier alpha value is -1.42. The van der Waals surface area contributed by atoms with Gasteiger partial charge in [-0.15, -0.1) is 0 Å². The van der Waals surface area contributed by atoms with Crippen molar-refractivity contribution in [3.05, 3.63) is 23.3 Å². The van der Waals surface area contributed by atoms with Crippen LogP contribution in [0.5, 0.6) is 11.5 Å². The lowest BCUT2D eigenvalue weighted by molar-refractivity contribution is -0.312.